The summed E-state index contributed by atoms with van der Waals surface area (Å²) in [5.41, 5.74) is 13.2. The highest BCUT2D eigenvalue weighted by Gasteiger charge is 1.98. The molecule has 0 saturated heterocycles. The number of hydrogen-bond donors (Lipinski definition) is 1. The Labute approximate surface area is 140 Å². The molecule has 0 unspecified atom stereocenters. The second kappa shape index (κ2) is 9.68. The topological polar surface area (TPSA) is 26.0 Å². The molecule has 0 aromatic heterocycles. The molecular weight excluding hydrogens is 277 g/mol. The van der Waals surface area contributed by atoms with Crippen LogP contribution >= 0.6 is 0 Å². The van der Waals surface area contributed by atoms with Crippen LogP contribution in [0.4, 0.5) is 0 Å². The first-order valence-corrected chi connectivity index (χ1v) is 8.24. The van der Waals surface area contributed by atoms with E-state index < -0.39 is 0 Å². The molecule has 0 aliphatic heterocycles. The Morgan fingerprint density at radius 3 is 2.22 bits per heavy atom. The molecule has 0 spiro atoms. The van der Waals surface area contributed by atoms with Gasteiger partial charge in [0.05, 0.1) is 0 Å². The monoisotopic (exact) mass is 301 g/mol. The average molecular weight is 301 g/mol. The highest BCUT2D eigenvalue weighted by molar-refractivity contribution is 6.30. The van der Waals surface area contributed by atoms with Gasteiger partial charge >= 0.3 is 0 Å². The number of hydrogen-bond acceptors (Lipinski definition) is 1. The van der Waals surface area contributed by atoms with E-state index in [1.165, 1.54) is 23.1 Å². The molecule has 2 N–H and O–H groups in total. The summed E-state index contributed by atoms with van der Waals surface area (Å²) in [6.45, 7) is 3.60. The third-order valence-corrected chi connectivity index (χ3v) is 3.81. The molecule has 0 saturated carbocycles. The Bertz CT molecular complexity index is 662. The quantitative estimate of drug-likeness (QED) is 0.323. The van der Waals surface area contributed by atoms with Crippen LogP contribution in [0.1, 0.15) is 24.0 Å². The van der Waals surface area contributed by atoms with E-state index in [0.29, 0.717) is 0 Å². The maximum atomic E-state index is 5.49. The molecule has 0 amide bonds. The third kappa shape index (κ3) is 5.79. The lowest BCUT2D eigenvalue weighted by Gasteiger charge is -2.04. The maximum Gasteiger partial charge on any atom is 0.198 e. The molecule has 2 aromatic carbocycles. The predicted molar refractivity (Wildman–Crippen MR) is 104 cm³/mol. The van der Waals surface area contributed by atoms with Crippen molar-refractivity contribution in [3.8, 4) is 11.1 Å². The van der Waals surface area contributed by atoms with Gasteiger partial charge in [0.1, 0.15) is 0 Å². The van der Waals surface area contributed by atoms with Crippen LogP contribution in [0.2, 0.25) is 6.32 Å². The minimum Gasteiger partial charge on any atom is -0.373 e. The second-order valence-corrected chi connectivity index (χ2v) is 5.63. The molecule has 0 aliphatic carbocycles. The van der Waals surface area contributed by atoms with Gasteiger partial charge in [-0.1, -0.05) is 80.0 Å². The molecule has 0 aliphatic rings. The summed E-state index contributed by atoms with van der Waals surface area (Å²) < 4.78 is 0. The van der Waals surface area contributed by atoms with Crippen LogP contribution < -0.4 is 5.64 Å². The Kier molecular flexibility index (Phi) is 7.19. The average Bonchev–Trinajstić information content (AvgIpc) is 2.60. The molecule has 23 heavy (non-hydrogen) atoms. The van der Waals surface area contributed by atoms with Gasteiger partial charge in [-0.05, 0) is 41.2 Å². The van der Waals surface area contributed by atoms with E-state index in [-0.39, 0.29) is 0 Å². The molecule has 0 atom stereocenters. The lowest BCUT2D eigenvalue weighted by Crippen LogP contribution is -2.02. The SMILES string of the molecule is C=C=Cc1ccc(-c2ccc(C/C=C\CCCBN)cc2)cc1. The Morgan fingerprint density at radius 1 is 0.957 bits per heavy atom. The van der Waals surface area contributed by atoms with Crippen LogP contribution in [0, 0.1) is 0 Å². The van der Waals surface area contributed by atoms with E-state index in [9.17, 15) is 0 Å². The first-order chi connectivity index (χ1) is 11.3. The zero-order valence-electron chi connectivity index (χ0n) is 13.7. The summed E-state index contributed by atoms with van der Waals surface area (Å²) in [6, 6.07) is 17.2. The van der Waals surface area contributed by atoms with E-state index in [0.717, 1.165) is 32.1 Å². The van der Waals surface area contributed by atoms with Gasteiger partial charge in [-0.2, -0.15) is 0 Å². The van der Waals surface area contributed by atoms with Crippen LogP contribution in [-0.4, -0.2) is 7.41 Å². The van der Waals surface area contributed by atoms with E-state index >= 15 is 0 Å². The van der Waals surface area contributed by atoms with Crippen molar-refractivity contribution < 1.29 is 0 Å². The van der Waals surface area contributed by atoms with E-state index in [2.05, 4.69) is 73.0 Å². The van der Waals surface area contributed by atoms with Gasteiger partial charge in [0.2, 0.25) is 0 Å². The van der Waals surface area contributed by atoms with Crippen molar-refractivity contribution in [1.29, 1.82) is 0 Å². The Morgan fingerprint density at radius 2 is 1.61 bits per heavy atom. The summed E-state index contributed by atoms with van der Waals surface area (Å²) >= 11 is 0. The summed E-state index contributed by atoms with van der Waals surface area (Å²) in [5, 5.41) is 0. The van der Waals surface area contributed by atoms with Gasteiger partial charge in [-0.15, -0.1) is 5.73 Å². The zero-order chi connectivity index (χ0) is 16.3. The standard InChI is InChI=1S/C21H24BN/c1-2-7-18-9-13-20(14-10-18)21-15-11-19(12-16-21)8-5-3-4-6-17-22-23/h3,5,7,9-16,22H,1,4,6,8,17,23H2/b5-3-. The Balaban J connectivity index is 1.92. The smallest absolute Gasteiger partial charge is 0.198 e. The van der Waals surface area contributed by atoms with Gasteiger partial charge in [0, 0.05) is 0 Å². The third-order valence-electron chi connectivity index (χ3n) is 3.81. The molecule has 116 valence electrons. The second-order valence-electron chi connectivity index (χ2n) is 5.63. The fourth-order valence-electron chi connectivity index (χ4n) is 2.47. The van der Waals surface area contributed by atoms with Crippen LogP contribution in [0.3, 0.4) is 0 Å². The zero-order valence-corrected chi connectivity index (χ0v) is 13.7. The van der Waals surface area contributed by atoms with Gasteiger partial charge in [-0.25, -0.2) is 0 Å². The first-order valence-electron chi connectivity index (χ1n) is 8.24. The fraction of sp³-hybridized carbons (Fsp3) is 0.190. The van der Waals surface area contributed by atoms with Crippen molar-refractivity contribution in [2.75, 3.05) is 0 Å². The number of unbranched alkanes of at least 4 members (excludes halogenated alkanes) is 1. The van der Waals surface area contributed by atoms with Crippen molar-refractivity contribution in [1.82, 2.24) is 0 Å². The maximum absolute atomic E-state index is 5.49. The molecule has 1 nitrogen and oxygen atoms in total. The number of benzene rings is 2. The molecule has 0 bridgehead atoms. The Hall–Kier alpha value is -2.28. The van der Waals surface area contributed by atoms with Crippen LogP contribution in [0.15, 0.2) is 73.0 Å². The van der Waals surface area contributed by atoms with E-state index in [1.54, 1.807) is 0 Å². The molecule has 0 radical (unpaired) electrons. The number of rotatable bonds is 8. The molecule has 2 aromatic rings. The summed E-state index contributed by atoms with van der Waals surface area (Å²) in [6.07, 6.45) is 10.8. The minimum atomic E-state index is 0.792. The highest BCUT2D eigenvalue weighted by atomic mass is 14.3. The largest absolute Gasteiger partial charge is 0.373 e. The lowest BCUT2D eigenvalue weighted by molar-refractivity contribution is 0.943. The molecular formula is C21H24BN. The van der Waals surface area contributed by atoms with E-state index in [1.807, 2.05) is 6.08 Å². The van der Waals surface area contributed by atoms with Crippen LogP contribution in [0.25, 0.3) is 17.2 Å². The normalized spacial score (nSPS) is 10.5. The first kappa shape index (κ1) is 17.1. The summed E-state index contributed by atoms with van der Waals surface area (Å²) in [4.78, 5) is 0. The highest BCUT2D eigenvalue weighted by Crippen LogP contribution is 2.21. The summed E-state index contributed by atoms with van der Waals surface area (Å²) in [7, 11) is 0.792. The van der Waals surface area contributed by atoms with Gasteiger partial charge in [0.15, 0.2) is 7.41 Å². The molecule has 0 heterocycles. The van der Waals surface area contributed by atoms with Gasteiger partial charge in [0.25, 0.3) is 0 Å². The molecule has 2 heteroatoms. The van der Waals surface area contributed by atoms with Gasteiger partial charge < -0.3 is 5.64 Å². The van der Waals surface area contributed by atoms with Crippen molar-refractivity contribution in [3.63, 3.8) is 0 Å². The van der Waals surface area contributed by atoms with Crippen molar-refractivity contribution in [2.45, 2.75) is 25.6 Å². The molecule has 0 fully saturated rings. The van der Waals surface area contributed by atoms with Crippen molar-refractivity contribution in [3.05, 3.63) is 84.1 Å². The van der Waals surface area contributed by atoms with Crippen molar-refractivity contribution in [2.24, 2.45) is 5.64 Å². The molecule has 2 rings (SSSR count). The van der Waals surface area contributed by atoms with Gasteiger partial charge in [-0.3, -0.25) is 0 Å². The number of allylic oxidation sites excluding steroid dienone is 2. The van der Waals surface area contributed by atoms with Crippen LogP contribution in [0.5, 0.6) is 0 Å². The number of nitrogens with two attached hydrogens (primary N) is 1. The van der Waals surface area contributed by atoms with Crippen molar-refractivity contribution >= 4 is 13.5 Å². The fourth-order valence-corrected chi connectivity index (χ4v) is 2.47. The lowest BCUT2D eigenvalue weighted by atomic mass is 9.88. The van der Waals surface area contributed by atoms with E-state index in [4.69, 9.17) is 5.64 Å². The minimum absolute atomic E-state index is 0.792. The predicted octanol–water partition coefficient (Wildman–Crippen LogP) is 4.76. The summed E-state index contributed by atoms with van der Waals surface area (Å²) in [5.74, 6) is 0. The van der Waals surface area contributed by atoms with Crippen LogP contribution in [-0.2, 0) is 6.42 Å².